The van der Waals surface area contributed by atoms with Crippen molar-refractivity contribution in [1.82, 2.24) is 0 Å². The Kier molecular flexibility index (Phi) is 4.17. The summed E-state index contributed by atoms with van der Waals surface area (Å²) in [6, 6.07) is 5.39. The third kappa shape index (κ3) is 2.50. The van der Waals surface area contributed by atoms with Gasteiger partial charge in [-0.25, -0.2) is 4.39 Å². The van der Waals surface area contributed by atoms with Crippen LogP contribution in [0.4, 0.5) is 10.1 Å². The quantitative estimate of drug-likeness (QED) is 0.893. The van der Waals surface area contributed by atoms with E-state index in [2.05, 4.69) is 18.7 Å². The molecular weight excluding hydrogens is 247 g/mol. The molecule has 1 aliphatic rings. The molecule has 1 aromatic rings. The maximum atomic E-state index is 14.2. The van der Waals surface area contributed by atoms with E-state index in [-0.39, 0.29) is 11.9 Å². The predicted molar refractivity (Wildman–Crippen MR) is 77.7 cm³/mol. The van der Waals surface area contributed by atoms with Crippen molar-refractivity contribution < 1.29 is 4.39 Å². The zero-order valence-electron chi connectivity index (χ0n) is 11.2. The molecule has 0 amide bonds. The molecule has 1 fully saturated rings. The molecule has 2 N–H and O–H groups in total. The van der Waals surface area contributed by atoms with Crippen LogP contribution in [0.3, 0.4) is 0 Å². The number of rotatable bonds is 2. The number of thioether (sulfide) groups is 1. The van der Waals surface area contributed by atoms with Gasteiger partial charge in [-0.1, -0.05) is 19.1 Å². The molecule has 1 aromatic carbocycles. The molecule has 0 bridgehead atoms. The fraction of sp³-hybridized carbons (Fsp3) is 0.571. The van der Waals surface area contributed by atoms with Crippen LogP contribution in [0.1, 0.15) is 32.4 Å². The number of nitrogens with zero attached hydrogens (tertiary/aromatic N) is 1. The highest BCUT2D eigenvalue weighted by molar-refractivity contribution is 8.00. The van der Waals surface area contributed by atoms with Crippen LogP contribution in [0.25, 0.3) is 0 Å². The van der Waals surface area contributed by atoms with E-state index < -0.39 is 0 Å². The summed E-state index contributed by atoms with van der Waals surface area (Å²) in [5.41, 5.74) is 7.58. The van der Waals surface area contributed by atoms with Gasteiger partial charge in [-0.05, 0) is 25.5 Å². The summed E-state index contributed by atoms with van der Waals surface area (Å²) in [6.07, 6.45) is 0. The first kappa shape index (κ1) is 13.7. The van der Waals surface area contributed by atoms with Crippen molar-refractivity contribution in [3.8, 4) is 0 Å². The maximum Gasteiger partial charge on any atom is 0.146 e. The zero-order valence-corrected chi connectivity index (χ0v) is 12.0. The Labute approximate surface area is 113 Å². The number of para-hydroxylation sites is 1. The molecule has 1 saturated heterocycles. The van der Waals surface area contributed by atoms with Crippen molar-refractivity contribution in [3.63, 3.8) is 0 Å². The number of hydrogen-bond acceptors (Lipinski definition) is 3. The van der Waals surface area contributed by atoms with Gasteiger partial charge < -0.3 is 10.6 Å². The van der Waals surface area contributed by atoms with E-state index in [0.29, 0.717) is 17.0 Å². The molecule has 18 heavy (non-hydrogen) atoms. The summed E-state index contributed by atoms with van der Waals surface area (Å²) in [6.45, 7) is 7.16. The van der Waals surface area contributed by atoms with Crippen LogP contribution in [-0.4, -0.2) is 23.6 Å². The van der Waals surface area contributed by atoms with Crippen molar-refractivity contribution >= 4 is 17.4 Å². The van der Waals surface area contributed by atoms with Crippen molar-refractivity contribution in [3.05, 3.63) is 29.6 Å². The minimum atomic E-state index is -0.157. The van der Waals surface area contributed by atoms with Crippen LogP contribution in [0.15, 0.2) is 18.2 Å². The molecule has 100 valence electrons. The van der Waals surface area contributed by atoms with Gasteiger partial charge in [-0.15, -0.1) is 0 Å². The van der Waals surface area contributed by atoms with Crippen LogP contribution in [0.5, 0.6) is 0 Å². The molecule has 4 heteroatoms. The smallest absolute Gasteiger partial charge is 0.146 e. The normalized spacial score (nSPS) is 26.2. The van der Waals surface area contributed by atoms with Crippen LogP contribution in [0.2, 0.25) is 0 Å². The predicted octanol–water partition coefficient (Wildman–Crippen LogP) is 3.18. The minimum Gasteiger partial charge on any atom is -0.364 e. The molecule has 0 spiro atoms. The molecule has 1 heterocycles. The average molecular weight is 268 g/mol. The van der Waals surface area contributed by atoms with E-state index in [1.807, 2.05) is 24.8 Å². The molecule has 3 unspecified atom stereocenters. The number of anilines is 1. The van der Waals surface area contributed by atoms with Gasteiger partial charge >= 0.3 is 0 Å². The second-order valence-corrected chi connectivity index (χ2v) is 6.46. The first-order valence-corrected chi connectivity index (χ1v) is 7.49. The van der Waals surface area contributed by atoms with E-state index in [1.165, 1.54) is 6.07 Å². The molecule has 0 radical (unpaired) electrons. The van der Waals surface area contributed by atoms with Gasteiger partial charge in [-0.2, -0.15) is 11.8 Å². The largest absolute Gasteiger partial charge is 0.364 e. The van der Waals surface area contributed by atoms with Gasteiger partial charge in [0.25, 0.3) is 0 Å². The van der Waals surface area contributed by atoms with Gasteiger partial charge in [0.1, 0.15) is 5.82 Å². The lowest BCUT2D eigenvalue weighted by Gasteiger charge is -2.40. The highest BCUT2D eigenvalue weighted by Gasteiger charge is 2.29. The summed E-state index contributed by atoms with van der Waals surface area (Å²) >= 11 is 1.95. The summed E-state index contributed by atoms with van der Waals surface area (Å²) in [4.78, 5) is 2.18. The standard InChI is InChI=1S/C14H21FN2S/c1-9(16)12-5-4-6-13(15)14(12)17-7-8-18-11(3)10(17)2/h4-6,9-11H,7-8,16H2,1-3H3. The summed E-state index contributed by atoms with van der Waals surface area (Å²) in [7, 11) is 0. The van der Waals surface area contributed by atoms with E-state index in [1.54, 1.807) is 6.07 Å². The first-order valence-electron chi connectivity index (χ1n) is 6.44. The summed E-state index contributed by atoms with van der Waals surface area (Å²) < 4.78 is 14.2. The van der Waals surface area contributed by atoms with Crippen molar-refractivity contribution in [1.29, 1.82) is 0 Å². The van der Waals surface area contributed by atoms with Crippen LogP contribution >= 0.6 is 11.8 Å². The molecule has 1 aliphatic heterocycles. The van der Waals surface area contributed by atoms with Gasteiger partial charge in [-0.3, -0.25) is 0 Å². The van der Waals surface area contributed by atoms with Crippen LogP contribution in [0, 0.1) is 5.82 Å². The van der Waals surface area contributed by atoms with E-state index in [0.717, 1.165) is 17.9 Å². The second-order valence-electron chi connectivity index (χ2n) is 4.98. The van der Waals surface area contributed by atoms with Crippen LogP contribution in [-0.2, 0) is 0 Å². The Morgan fingerprint density at radius 3 is 2.83 bits per heavy atom. The van der Waals surface area contributed by atoms with Crippen molar-refractivity contribution in [2.24, 2.45) is 5.73 Å². The summed E-state index contributed by atoms with van der Waals surface area (Å²) in [5, 5.41) is 0.513. The fourth-order valence-corrected chi connectivity index (χ4v) is 3.55. The van der Waals surface area contributed by atoms with Gasteiger partial charge in [0, 0.05) is 29.6 Å². The Balaban J connectivity index is 2.43. The number of hydrogen-bond donors (Lipinski definition) is 1. The highest BCUT2D eigenvalue weighted by Crippen LogP contribution is 2.34. The molecule has 0 saturated carbocycles. The van der Waals surface area contributed by atoms with Crippen LogP contribution < -0.4 is 10.6 Å². The van der Waals surface area contributed by atoms with Gasteiger partial charge in [0.05, 0.1) is 5.69 Å². The average Bonchev–Trinajstić information content (AvgIpc) is 2.33. The second kappa shape index (κ2) is 5.49. The molecule has 3 atom stereocenters. The SMILES string of the molecule is CC(N)c1cccc(F)c1N1CCSC(C)C1C. The molecule has 2 nitrogen and oxygen atoms in total. The Hall–Kier alpha value is -0.740. The van der Waals surface area contributed by atoms with E-state index in [4.69, 9.17) is 5.73 Å². The third-order valence-corrected chi connectivity index (χ3v) is 5.02. The summed E-state index contributed by atoms with van der Waals surface area (Å²) in [5.74, 6) is 0.883. The zero-order chi connectivity index (χ0) is 13.3. The lowest BCUT2D eigenvalue weighted by atomic mass is 10.0. The van der Waals surface area contributed by atoms with E-state index in [9.17, 15) is 4.39 Å². The number of benzene rings is 1. The molecule has 0 aliphatic carbocycles. The maximum absolute atomic E-state index is 14.2. The van der Waals surface area contributed by atoms with Gasteiger partial charge in [0.15, 0.2) is 0 Å². The van der Waals surface area contributed by atoms with Crippen molar-refractivity contribution in [2.75, 3.05) is 17.2 Å². The third-order valence-electron chi connectivity index (χ3n) is 3.68. The monoisotopic (exact) mass is 268 g/mol. The fourth-order valence-electron chi connectivity index (χ4n) is 2.45. The number of nitrogens with two attached hydrogens (primary N) is 1. The lowest BCUT2D eigenvalue weighted by molar-refractivity contribution is 0.575. The number of halogens is 1. The van der Waals surface area contributed by atoms with Gasteiger partial charge in [0.2, 0.25) is 0 Å². The van der Waals surface area contributed by atoms with Crippen molar-refractivity contribution in [2.45, 2.75) is 38.1 Å². The molecular formula is C14H21FN2S. The Bertz CT molecular complexity index is 422. The highest BCUT2D eigenvalue weighted by atomic mass is 32.2. The Morgan fingerprint density at radius 2 is 2.17 bits per heavy atom. The molecule has 0 aromatic heterocycles. The first-order chi connectivity index (χ1) is 8.52. The topological polar surface area (TPSA) is 29.3 Å². The minimum absolute atomic E-state index is 0.146. The lowest BCUT2D eigenvalue weighted by Crippen LogP contribution is -2.45. The molecule has 2 rings (SSSR count). The van der Waals surface area contributed by atoms with E-state index >= 15 is 0 Å². The Morgan fingerprint density at radius 1 is 1.44 bits per heavy atom.